The number of hydrogen-bond donors (Lipinski definition) is 0. The second-order valence-electron chi connectivity index (χ2n) is 6.11. The summed E-state index contributed by atoms with van der Waals surface area (Å²) in [7, 11) is 0. The summed E-state index contributed by atoms with van der Waals surface area (Å²) in [5, 5.41) is 3.20. The van der Waals surface area contributed by atoms with Crippen LogP contribution in [-0.4, -0.2) is 45.9 Å². The summed E-state index contributed by atoms with van der Waals surface area (Å²) in [6.07, 6.45) is 8.87. The van der Waals surface area contributed by atoms with Crippen LogP contribution >= 0.6 is 11.3 Å². The Morgan fingerprint density at radius 1 is 1.43 bits per heavy atom. The number of piperidine rings is 2. The lowest BCUT2D eigenvalue weighted by atomic mass is 9.79. The van der Waals surface area contributed by atoms with Crippen molar-refractivity contribution in [2.24, 2.45) is 0 Å². The minimum absolute atomic E-state index is 0.0268. The molecule has 0 aromatic carbocycles. The van der Waals surface area contributed by atoms with E-state index in [1.807, 2.05) is 17.7 Å². The van der Waals surface area contributed by atoms with Crippen LogP contribution in [0.25, 0.3) is 0 Å². The van der Waals surface area contributed by atoms with Gasteiger partial charge < -0.3 is 4.90 Å². The molecule has 2 fully saturated rings. The Morgan fingerprint density at radius 2 is 2.29 bits per heavy atom. The first kappa shape index (κ1) is 14.7. The van der Waals surface area contributed by atoms with Gasteiger partial charge in [-0.25, -0.2) is 4.98 Å². The number of amides is 1. The summed E-state index contributed by atoms with van der Waals surface area (Å²) in [5.41, 5.74) is 0.0268. The summed E-state index contributed by atoms with van der Waals surface area (Å²) in [4.78, 5) is 21.3. The Morgan fingerprint density at radius 3 is 3.05 bits per heavy atom. The van der Waals surface area contributed by atoms with Gasteiger partial charge in [0.1, 0.15) is 5.01 Å². The van der Waals surface area contributed by atoms with Crippen molar-refractivity contribution in [1.82, 2.24) is 14.8 Å². The molecule has 3 rings (SSSR count). The third-order valence-electron chi connectivity index (χ3n) is 4.69. The molecular weight excluding hydrogens is 282 g/mol. The highest BCUT2D eigenvalue weighted by atomic mass is 32.1. The molecule has 1 amide bonds. The molecule has 1 spiro atoms. The Kier molecular flexibility index (Phi) is 4.40. The number of aromatic nitrogens is 1. The van der Waals surface area contributed by atoms with Crippen molar-refractivity contribution in [3.63, 3.8) is 0 Å². The first-order valence-electron chi connectivity index (χ1n) is 7.76. The number of rotatable bonds is 4. The molecule has 0 bridgehead atoms. The van der Waals surface area contributed by atoms with Gasteiger partial charge >= 0.3 is 0 Å². The van der Waals surface area contributed by atoms with E-state index in [1.165, 1.54) is 5.01 Å². The largest absolute Gasteiger partial charge is 0.332 e. The first-order valence-corrected chi connectivity index (χ1v) is 8.64. The fourth-order valence-corrected chi connectivity index (χ4v) is 4.47. The molecule has 1 atom stereocenters. The fraction of sp³-hybridized carbons (Fsp3) is 0.625. The molecule has 2 saturated heterocycles. The summed E-state index contributed by atoms with van der Waals surface area (Å²) >= 11 is 1.71. The van der Waals surface area contributed by atoms with Gasteiger partial charge in [-0.2, -0.15) is 0 Å². The predicted octanol–water partition coefficient (Wildman–Crippen LogP) is 2.68. The van der Waals surface area contributed by atoms with Crippen LogP contribution in [0.1, 0.15) is 37.1 Å². The second kappa shape index (κ2) is 6.28. The number of nitrogens with zero attached hydrogens (tertiary/aromatic N) is 3. The maximum absolute atomic E-state index is 12.3. The van der Waals surface area contributed by atoms with Crippen LogP contribution in [0.2, 0.25) is 0 Å². The normalized spacial score (nSPS) is 27.2. The number of carbonyl (C=O) groups excluding carboxylic acids is 1. The lowest BCUT2D eigenvalue weighted by Crippen LogP contribution is -2.62. The van der Waals surface area contributed by atoms with Crippen LogP contribution in [0.15, 0.2) is 24.2 Å². The van der Waals surface area contributed by atoms with E-state index < -0.39 is 0 Å². The monoisotopic (exact) mass is 305 g/mol. The number of likely N-dealkylation sites (tertiary alicyclic amines) is 2. The number of carbonyl (C=O) groups is 1. The molecular formula is C16H23N3OS. The van der Waals surface area contributed by atoms with Crippen molar-refractivity contribution in [2.75, 3.05) is 19.6 Å². The van der Waals surface area contributed by atoms with E-state index in [9.17, 15) is 4.79 Å². The van der Waals surface area contributed by atoms with Gasteiger partial charge in [-0.3, -0.25) is 9.69 Å². The highest BCUT2D eigenvalue weighted by Crippen LogP contribution is 2.37. The minimum Gasteiger partial charge on any atom is -0.332 e. The molecule has 2 aliphatic heterocycles. The van der Waals surface area contributed by atoms with Crippen LogP contribution < -0.4 is 0 Å². The molecule has 0 N–H and O–H groups in total. The van der Waals surface area contributed by atoms with Crippen molar-refractivity contribution in [3.05, 3.63) is 29.2 Å². The van der Waals surface area contributed by atoms with Crippen LogP contribution in [-0.2, 0) is 11.3 Å². The second-order valence-corrected chi connectivity index (χ2v) is 7.09. The van der Waals surface area contributed by atoms with Crippen LogP contribution in [0.5, 0.6) is 0 Å². The fourth-order valence-electron chi connectivity index (χ4n) is 3.82. The highest BCUT2D eigenvalue weighted by molar-refractivity contribution is 7.09. The molecule has 21 heavy (non-hydrogen) atoms. The molecule has 5 heteroatoms. The zero-order valence-electron chi connectivity index (χ0n) is 12.5. The van der Waals surface area contributed by atoms with Gasteiger partial charge in [-0.15, -0.1) is 17.9 Å². The van der Waals surface area contributed by atoms with Gasteiger partial charge in [0.2, 0.25) is 5.91 Å². The zero-order chi connectivity index (χ0) is 14.7. The standard InChI is InChI=1S/C16H23N3OS/c1-2-9-19-15(20)5-3-6-16(19)7-4-10-18(13-16)12-14-17-8-11-21-14/h2,8,11H,1,3-7,9-10,12-13H2/t16-/m1/s1. The average molecular weight is 305 g/mol. The van der Waals surface area contributed by atoms with Crippen LogP contribution in [0.3, 0.4) is 0 Å². The summed E-state index contributed by atoms with van der Waals surface area (Å²) in [5.74, 6) is 0.303. The van der Waals surface area contributed by atoms with Crippen LogP contribution in [0.4, 0.5) is 0 Å². The van der Waals surface area contributed by atoms with Gasteiger partial charge in [0.15, 0.2) is 0 Å². The Bertz CT molecular complexity index is 498. The topological polar surface area (TPSA) is 36.4 Å². The number of thiazole rings is 1. The number of hydrogen-bond acceptors (Lipinski definition) is 4. The molecule has 1 aromatic rings. The van der Waals surface area contributed by atoms with Crippen molar-refractivity contribution in [2.45, 2.75) is 44.2 Å². The van der Waals surface area contributed by atoms with Gasteiger partial charge in [0.25, 0.3) is 0 Å². The molecule has 0 saturated carbocycles. The average Bonchev–Trinajstić information content (AvgIpc) is 2.96. The quantitative estimate of drug-likeness (QED) is 0.803. The summed E-state index contributed by atoms with van der Waals surface area (Å²) < 4.78 is 0. The zero-order valence-corrected chi connectivity index (χ0v) is 13.3. The molecule has 4 nitrogen and oxygen atoms in total. The van der Waals surface area contributed by atoms with Gasteiger partial charge in [0, 0.05) is 31.1 Å². The molecule has 0 aliphatic carbocycles. The Labute approximate surface area is 130 Å². The molecule has 0 radical (unpaired) electrons. The van der Waals surface area contributed by atoms with E-state index in [-0.39, 0.29) is 5.54 Å². The van der Waals surface area contributed by atoms with Crippen molar-refractivity contribution < 1.29 is 4.79 Å². The van der Waals surface area contributed by atoms with Crippen molar-refractivity contribution in [3.8, 4) is 0 Å². The van der Waals surface area contributed by atoms with E-state index in [1.54, 1.807) is 11.3 Å². The van der Waals surface area contributed by atoms with Gasteiger partial charge in [0.05, 0.1) is 12.1 Å². The SMILES string of the molecule is C=CCN1C(=O)CCC[C@]12CCCN(Cc1nccs1)C2. The summed E-state index contributed by atoms with van der Waals surface area (Å²) in [6.45, 7) is 7.51. The molecule has 114 valence electrons. The van der Waals surface area contributed by atoms with E-state index in [0.717, 1.165) is 45.3 Å². The molecule has 2 aliphatic rings. The van der Waals surface area contributed by atoms with Gasteiger partial charge in [-0.1, -0.05) is 6.08 Å². The molecule has 3 heterocycles. The third-order valence-corrected chi connectivity index (χ3v) is 5.46. The molecule has 0 unspecified atom stereocenters. The first-order chi connectivity index (χ1) is 10.2. The predicted molar refractivity (Wildman–Crippen MR) is 85.1 cm³/mol. The van der Waals surface area contributed by atoms with Crippen molar-refractivity contribution >= 4 is 17.2 Å². The molecule has 1 aromatic heterocycles. The van der Waals surface area contributed by atoms with Gasteiger partial charge in [-0.05, 0) is 32.2 Å². The summed E-state index contributed by atoms with van der Waals surface area (Å²) in [6, 6.07) is 0. The van der Waals surface area contributed by atoms with E-state index in [2.05, 4.69) is 21.4 Å². The third kappa shape index (κ3) is 3.04. The lowest BCUT2D eigenvalue weighted by molar-refractivity contribution is -0.144. The van der Waals surface area contributed by atoms with E-state index >= 15 is 0 Å². The lowest BCUT2D eigenvalue weighted by Gasteiger charge is -2.52. The Balaban J connectivity index is 1.75. The van der Waals surface area contributed by atoms with E-state index in [4.69, 9.17) is 0 Å². The van der Waals surface area contributed by atoms with E-state index in [0.29, 0.717) is 18.9 Å². The maximum Gasteiger partial charge on any atom is 0.223 e. The maximum atomic E-state index is 12.3. The van der Waals surface area contributed by atoms with Crippen molar-refractivity contribution in [1.29, 1.82) is 0 Å². The Hall–Kier alpha value is -1.20. The highest BCUT2D eigenvalue weighted by Gasteiger charge is 2.44. The van der Waals surface area contributed by atoms with Crippen LogP contribution in [0, 0.1) is 0 Å². The smallest absolute Gasteiger partial charge is 0.223 e. The minimum atomic E-state index is 0.0268.